The van der Waals surface area contributed by atoms with Crippen molar-refractivity contribution in [1.82, 2.24) is 4.98 Å². The molecule has 0 aliphatic carbocycles. The molecule has 0 bridgehead atoms. The van der Waals surface area contributed by atoms with Gasteiger partial charge in [0.2, 0.25) is 0 Å². The lowest BCUT2D eigenvalue weighted by Gasteiger charge is -2.12. The van der Waals surface area contributed by atoms with E-state index in [1.54, 1.807) is 18.3 Å². The van der Waals surface area contributed by atoms with Crippen LogP contribution in [0, 0.1) is 20.8 Å². The summed E-state index contributed by atoms with van der Waals surface area (Å²) < 4.78 is 5.85. The molecule has 17 heavy (non-hydrogen) atoms. The molecule has 0 saturated heterocycles. The number of ether oxygens (including phenoxy) is 1. The van der Waals surface area contributed by atoms with Crippen LogP contribution in [0.1, 0.15) is 16.7 Å². The summed E-state index contributed by atoms with van der Waals surface area (Å²) >= 11 is 5.82. The van der Waals surface area contributed by atoms with E-state index < -0.39 is 0 Å². The molecule has 0 aliphatic heterocycles. The Labute approximate surface area is 106 Å². The maximum absolute atomic E-state index is 5.85. The topological polar surface area (TPSA) is 22.1 Å². The van der Waals surface area contributed by atoms with Crippen molar-refractivity contribution in [3.8, 4) is 11.5 Å². The van der Waals surface area contributed by atoms with Crippen LogP contribution in [-0.2, 0) is 0 Å². The minimum atomic E-state index is 0.435. The lowest BCUT2D eigenvalue weighted by molar-refractivity contribution is 0.474. The van der Waals surface area contributed by atoms with E-state index in [9.17, 15) is 0 Å². The fourth-order valence-electron chi connectivity index (χ4n) is 1.89. The summed E-state index contributed by atoms with van der Waals surface area (Å²) in [6.07, 6.45) is 1.64. The predicted octanol–water partition coefficient (Wildman–Crippen LogP) is 4.45. The molecule has 3 heteroatoms. The highest BCUT2D eigenvalue weighted by Crippen LogP contribution is 2.30. The van der Waals surface area contributed by atoms with E-state index in [4.69, 9.17) is 16.3 Å². The molecular formula is C14H14ClNO. The zero-order valence-electron chi connectivity index (χ0n) is 10.1. The van der Waals surface area contributed by atoms with Crippen molar-refractivity contribution >= 4 is 11.6 Å². The highest BCUT2D eigenvalue weighted by Gasteiger charge is 2.06. The van der Waals surface area contributed by atoms with E-state index in [0.29, 0.717) is 10.9 Å². The number of hydrogen-bond acceptors (Lipinski definition) is 2. The molecule has 0 amide bonds. The zero-order valence-corrected chi connectivity index (χ0v) is 10.9. The van der Waals surface area contributed by atoms with Gasteiger partial charge in [-0.2, -0.15) is 0 Å². The molecular weight excluding hydrogens is 234 g/mol. The Morgan fingerprint density at radius 1 is 1.06 bits per heavy atom. The van der Waals surface area contributed by atoms with Crippen LogP contribution < -0.4 is 4.74 Å². The standard InChI is InChI=1S/C14H14ClNO/c1-9-6-10(2)14(11(3)7-9)17-12-4-5-16-13(15)8-12/h4-8H,1-3H3. The Hall–Kier alpha value is -1.54. The number of rotatable bonds is 2. The molecule has 0 aliphatic rings. The van der Waals surface area contributed by atoms with Crippen LogP contribution in [0.15, 0.2) is 30.5 Å². The molecule has 0 N–H and O–H groups in total. The van der Waals surface area contributed by atoms with Crippen LogP contribution in [0.5, 0.6) is 11.5 Å². The Kier molecular flexibility index (Phi) is 3.34. The maximum Gasteiger partial charge on any atom is 0.133 e. The van der Waals surface area contributed by atoms with E-state index >= 15 is 0 Å². The monoisotopic (exact) mass is 247 g/mol. The van der Waals surface area contributed by atoms with Gasteiger partial charge in [-0.1, -0.05) is 29.3 Å². The van der Waals surface area contributed by atoms with Crippen LogP contribution >= 0.6 is 11.6 Å². The van der Waals surface area contributed by atoms with Crippen molar-refractivity contribution in [2.45, 2.75) is 20.8 Å². The lowest BCUT2D eigenvalue weighted by atomic mass is 10.1. The second-order valence-corrected chi connectivity index (χ2v) is 4.53. The van der Waals surface area contributed by atoms with Gasteiger partial charge in [0.25, 0.3) is 0 Å². The molecule has 0 spiro atoms. The van der Waals surface area contributed by atoms with Gasteiger partial charge >= 0.3 is 0 Å². The number of pyridine rings is 1. The minimum absolute atomic E-state index is 0.435. The molecule has 0 atom stereocenters. The first-order valence-corrected chi connectivity index (χ1v) is 5.81. The first kappa shape index (κ1) is 11.9. The third kappa shape index (κ3) is 2.77. The maximum atomic E-state index is 5.85. The van der Waals surface area contributed by atoms with Crippen molar-refractivity contribution in [1.29, 1.82) is 0 Å². The quantitative estimate of drug-likeness (QED) is 0.732. The summed E-state index contributed by atoms with van der Waals surface area (Å²) in [5.41, 5.74) is 3.48. The van der Waals surface area contributed by atoms with Gasteiger partial charge in [0.1, 0.15) is 16.7 Å². The fourth-order valence-corrected chi connectivity index (χ4v) is 2.06. The van der Waals surface area contributed by atoms with Gasteiger partial charge in [0, 0.05) is 12.3 Å². The third-order valence-electron chi connectivity index (χ3n) is 2.52. The second-order valence-electron chi connectivity index (χ2n) is 4.14. The van der Waals surface area contributed by atoms with Gasteiger partial charge in [-0.3, -0.25) is 0 Å². The minimum Gasteiger partial charge on any atom is -0.457 e. The largest absolute Gasteiger partial charge is 0.457 e. The van der Waals surface area contributed by atoms with E-state index in [-0.39, 0.29) is 0 Å². The molecule has 2 rings (SSSR count). The Balaban J connectivity index is 2.36. The Bertz CT molecular complexity index is 529. The Morgan fingerprint density at radius 3 is 2.29 bits per heavy atom. The average Bonchev–Trinajstić information content (AvgIpc) is 2.23. The van der Waals surface area contributed by atoms with Gasteiger partial charge in [0.05, 0.1) is 0 Å². The molecule has 2 aromatic rings. The summed E-state index contributed by atoms with van der Waals surface area (Å²) in [5.74, 6) is 1.60. The van der Waals surface area contributed by atoms with Gasteiger partial charge in [-0.05, 0) is 38.0 Å². The summed E-state index contributed by atoms with van der Waals surface area (Å²) in [7, 11) is 0. The van der Waals surface area contributed by atoms with Gasteiger partial charge in [-0.25, -0.2) is 4.98 Å². The first-order chi connectivity index (χ1) is 8.06. The van der Waals surface area contributed by atoms with Crippen LogP contribution in [0.3, 0.4) is 0 Å². The smallest absolute Gasteiger partial charge is 0.133 e. The van der Waals surface area contributed by atoms with Crippen LogP contribution in [-0.4, -0.2) is 4.98 Å². The normalized spacial score (nSPS) is 10.4. The molecule has 0 fully saturated rings. The van der Waals surface area contributed by atoms with E-state index in [2.05, 4.69) is 24.0 Å². The predicted molar refractivity (Wildman–Crippen MR) is 70.0 cm³/mol. The molecule has 88 valence electrons. The lowest BCUT2D eigenvalue weighted by Crippen LogP contribution is -1.92. The first-order valence-electron chi connectivity index (χ1n) is 5.43. The van der Waals surface area contributed by atoms with Crippen LogP contribution in [0.25, 0.3) is 0 Å². The SMILES string of the molecule is Cc1cc(C)c(Oc2ccnc(Cl)c2)c(C)c1. The summed E-state index contributed by atoms with van der Waals surface area (Å²) in [6.45, 7) is 6.16. The number of hydrogen-bond donors (Lipinski definition) is 0. The number of halogens is 1. The van der Waals surface area contributed by atoms with E-state index in [1.807, 2.05) is 13.8 Å². The van der Waals surface area contributed by atoms with E-state index in [1.165, 1.54) is 5.56 Å². The van der Waals surface area contributed by atoms with Gasteiger partial charge in [-0.15, -0.1) is 0 Å². The number of nitrogens with zero attached hydrogens (tertiary/aromatic N) is 1. The molecule has 0 saturated carbocycles. The zero-order chi connectivity index (χ0) is 12.4. The van der Waals surface area contributed by atoms with Gasteiger partial charge in [0.15, 0.2) is 0 Å². The van der Waals surface area contributed by atoms with Crippen molar-refractivity contribution in [2.24, 2.45) is 0 Å². The summed E-state index contributed by atoms with van der Waals surface area (Å²) in [4.78, 5) is 3.93. The van der Waals surface area contributed by atoms with Crippen molar-refractivity contribution in [3.63, 3.8) is 0 Å². The van der Waals surface area contributed by atoms with Crippen LogP contribution in [0.2, 0.25) is 5.15 Å². The average molecular weight is 248 g/mol. The van der Waals surface area contributed by atoms with Crippen LogP contribution in [0.4, 0.5) is 0 Å². The van der Waals surface area contributed by atoms with E-state index in [0.717, 1.165) is 16.9 Å². The molecule has 1 aromatic carbocycles. The molecule has 0 radical (unpaired) electrons. The second kappa shape index (κ2) is 4.76. The summed E-state index contributed by atoms with van der Waals surface area (Å²) in [6, 6.07) is 7.71. The summed E-state index contributed by atoms with van der Waals surface area (Å²) in [5, 5.41) is 0.435. The van der Waals surface area contributed by atoms with Gasteiger partial charge < -0.3 is 4.74 Å². The third-order valence-corrected chi connectivity index (χ3v) is 2.73. The highest BCUT2D eigenvalue weighted by atomic mass is 35.5. The number of benzene rings is 1. The number of aryl methyl sites for hydroxylation is 3. The van der Waals surface area contributed by atoms with Crippen molar-refractivity contribution in [3.05, 3.63) is 52.3 Å². The number of aromatic nitrogens is 1. The molecule has 1 aromatic heterocycles. The van der Waals surface area contributed by atoms with Crippen molar-refractivity contribution in [2.75, 3.05) is 0 Å². The molecule has 2 nitrogen and oxygen atoms in total. The Morgan fingerprint density at radius 2 is 1.71 bits per heavy atom. The molecule has 1 heterocycles. The highest BCUT2D eigenvalue weighted by molar-refractivity contribution is 6.29. The molecule has 0 unspecified atom stereocenters. The van der Waals surface area contributed by atoms with Crippen molar-refractivity contribution < 1.29 is 4.74 Å². The fraction of sp³-hybridized carbons (Fsp3) is 0.214.